The van der Waals surface area contributed by atoms with Crippen LogP contribution in [0.25, 0.3) is 10.8 Å². The van der Waals surface area contributed by atoms with Gasteiger partial charge in [-0.3, -0.25) is 9.10 Å². The van der Waals surface area contributed by atoms with E-state index >= 15 is 0 Å². The topological polar surface area (TPSA) is 68.2 Å². The fraction of sp³-hybridized carbons (Fsp3) is 0.227. The third-order valence-electron chi connectivity index (χ3n) is 4.80. The van der Waals surface area contributed by atoms with Crippen molar-refractivity contribution in [3.8, 4) is 5.75 Å². The highest BCUT2D eigenvalue weighted by atomic mass is 79.9. The molecule has 3 aromatic carbocycles. The van der Waals surface area contributed by atoms with E-state index < -0.39 is 9.92 Å². The van der Waals surface area contributed by atoms with Gasteiger partial charge in [-0.1, -0.05) is 40.2 Å². The number of carbonyl (C=O) groups is 1. The van der Waals surface area contributed by atoms with Gasteiger partial charge in [0.25, 0.3) is 0 Å². The Kier molecular flexibility index (Phi) is 7.51. The first-order valence-corrected chi connectivity index (χ1v) is 12.5. The number of ether oxygens (including phenoxy) is 2. The number of halogens is 1. The Bertz CT molecular complexity index is 1220. The fourth-order valence-corrected chi connectivity index (χ4v) is 6.06. The van der Waals surface area contributed by atoms with Crippen LogP contribution in [-0.4, -0.2) is 44.2 Å². The van der Waals surface area contributed by atoms with Crippen molar-refractivity contribution in [3.63, 3.8) is 0 Å². The maximum absolute atomic E-state index is 14.0. The summed E-state index contributed by atoms with van der Waals surface area (Å²) in [5.41, 5.74) is 0.724. The second-order valence-corrected chi connectivity index (χ2v) is 10.8. The SMILES string of the molecule is CN=S(=O)(c1ccc(Br)cc1)N(C)c1cc(SCC(=O)OC)c(OC)c2ccccc12. The molecule has 6 nitrogen and oxygen atoms in total. The smallest absolute Gasteiger partial charge is 0.315 e. The first kappa shape index (κ1) is 23.4. The number of methoxy groups -OCH3 is 2. The van der Waals surface area contributed by atoms with Crippen LogP contribution in [0.15, 0.2) is 73.2 Å². The highest BCUT2D eigenvalue weighted by molar-refractivity contribution is 9.10. The molecule has 31 heavy (non-hydrogen) atoms. The summed E-state index contributed by atoms with van der Waals surface area (Å²) in [7, 11) is 3.35. The van der Waals surface area contributed by atoms with Crippen LogP contribution in [-0.2, 0) is 19.4 Å². The third kappa shape index (κ3) is 4.68. The molecule has 0 saturated heterocycles. The van der Waals surface area contributed by atoms with E-state index in [1.54, 1.807) is 37.6 Å². The molecule has 0 bridgehead atoms. The number of hydrogen-bond acceptors (Lipinski definition) is 6. The summed E-state index contributed by atoms with van der Waals surface area (Å²) in [6.07, 6.45) is 0. The predicted octanol–water partition coefficient (Wildman–Crippen LogP) is 5.38. The number of hydrogen-bond donors (Lipinski definition) is 0. The van der Waals surface area contributed by atoms with Gasteiger partial charge in [-0.2, -0.15) is 0 Å². The molecule has 0 saturated carbocycles. The largest absolute Gasteiger partial charge is 0.495 e. The molecule has 1 atom stereocenters. The van der Waals surface area contributed by atoms with E-state index in [1.807, 2.05) is 42.5 Å². The zero-order valence-corrected chi connectivity index (χ0v) is 20.8. The lowest BCUT2D eigenvalue weighted by molar-refractivity contribution is -0.137. The van der Waals surface area contributed by atoms with Crippen LogP contribution in [0, 0.1) is 0 Å². The van der Waals surface area contributed by atoms with Gasteiger partial charge in [0.05, 0.1) is 35.5 Å². The monoisotopic (exact) mass is 522 g/mol. The minimum Gasteiger partial charge on any atom is -0.495 e. The van der Waals surface area contributed by atoms with Crippen LogP contribution < -0.4 is 9.04 Å². The molecule has 3 rings (SSSR count). The zero-order valence-electron chi connectivity index (χ0n) is 17.6. The Morgan fingerprint density at radius 3 is 2.35 bits per heavy atom. The molecule has 0 aromatic heterocycles. The van der Waals surface area contributed by atoms with Crippen molar-refractivity contribution in [3.05, 3.63) is 59.1 Å². The van der Waals surface area contributed by atoms with Crippen LogP contribution in [0.3, 0.4) is 0 Å². The van der Waals surface area contributed by atoms with E-state index in [9.17, 15) is 9.00 Å². The molecule has 0 aliphatic heterocycles. The molecule has 0 fully saturated rings. The highest BCUT2D eigenvalue weighted by Gasteiger charge is 2.23. The summed E-state index contributed by atoms with van der Waals surface area (Å²) in [5, 5.41) is 1.73. The molecule has 0 heterocycles. The van der Waals surface area contributed by atoms with Crippen molar-refractivity contribution in [1.29, 1.82) is 0 Å². The number of benzene rings is 3. The summed E-state index contributed by atoms with van der Waals surface area (Å²) in [6.45, 7) is 0. The van der Waals surface area contributed by atoms with Gasteiger partial charge >= 0.3 is 5.97 Å². The van der Waals surface area contributed by atoms with E-state index in [-0.39, 0.29) is 11.7 Å². The molecule has 3 aromatic rings. The molecule has 0 spiro atoms. The lowest BCUT2D eigenvalue weighted by Crippen LogP contribution is -2.26. The molecule has 1 unspecified atom stereocenters. The van der Waals surface area contributed by atoms with E-state index in [2.05, 4.69) is 20.3 Å². The minimum absolute atomic E-state index is 0.134. The summed E-state index contributed by atoms with van der Waals surface area (Å²) >= 11 is 4.73. The minimum atomic E-state index is -2.92. The number of thioether (sulfide) groups is 1. The maximum atomic E-state index is 14.0. The number of rotatable bonds is 7. The standard InChI is InChI=1S/C22H23BrN2O4S2/c1-24-31(27,16-11-9-15(23)10-12-16)25(2)19-13-20(30-14-21(26)28-3)22(29-4)18-8-6-5-7-17(18)19/h5-13H,14H2,1-4H3. The van der Waals surface area contributed by atoms with Gasteiger partial charge in [-0.05, 0) is 30.3 Å². The first-order valence-electron chi connectivity index (χ1n) is 9.29. The molecule has 0 amide bonds. The molecule has 164 valence electrons. The van der Waals surface area contributed by atoms with Crippen LogP contribution in [0.1, 0.15) is 0 Å². The van der Waals surface area contributed by atoms with Crippen molar-refractivity contribution in [2.75, 3.05) is 38.4 Å². The predicted molar refractivity (Wildman–Crippen MR) is 131 cm³/mol. The third-order valence-corrected chi connectivity index (χ3v) is 8.64. The van der Waals surface area contributed by atoms with Gasteiger partial charge in [0.1, 0.15) is 5.75 Å². The number of esters is 1. The van der Waals surface area contributed by atoms with Crippen molar-refractivity contribution < 1.29 is 18.5 Å². The van der Waals surface area contributed by atoms with Crippen molar-refractivity contribution in [2.45, 2.75) is 9.79 Å². The fourth-order valence-electron chi connectivity index (χ4n) is 3.21. The summed E-state index contributed by atoms with van der Waals surface area (Å²) in [6, 6.07) is 16.9. The highest BCUT2D eigenvalue weighted by Crippen LogP contribution is 2.43. The Labute approximate surface area is 195 Å². The van der Waals surface area contributed by atoms with Gasteiger partial charge in [0.15, 0.2) is 9.92 Å². The van der Waals surface area contributed by atoms with Crippen LogP contribution in [0.2, 0.25) is 0 Å². The second-order valence-electron chi connectivity index (χ2n) is 6.47. The summed E-state index contributed by atoms with van der Waals surface area (Å²) in [5.74, 6) is 0.455. The number of fused-ring (bicyclic) bond motifs is 1. The molecule has 0 radical (unpaired) electrons. The number of carbonyl (C=O) groups excluding carboxylic acids is 1. The molecular formula is C22H23BrN2O4S2. The quantitative estimate of drug-likeness (QED) is 0.307. The first-order chi connectivity index (χ1) is 14.8. The van der Waals surface area contributed by atoms with Crippen LogP contribution in [0.4, 0.5) is 5.69 Å². The lowest BCUT2D eigenvalue weighted by Gasteiger charge is -2.26. The van der Waals surface area contributed by atoms with E-state index in [1.165, 1.54) is 18.9 Å². The van der Waals surface area contributed by atoms with Crippen LogP contribution in [0.5, 0.6) is 5.75 Å². The maximum Gasteiger partial charge on any atom is 0.315 e. The van der Waals surface area contributed by atoms with E-state index in [0.717, 1.165) is 25.8 Å². The average Bonchev–Trinajstić information content (AvgIpc) is 2.81. The van der Waals surface area contributed by atoms with E-state index in [0.29, 0.717) is 10.6 Å². The van der Waals surface area contributed by atoms with E-state index in [4.69, 9.17) is 9.47 Å². The van der Waals surface area contributed by atoms with Crippen molar-refractivity contribution in [2.24, 2.45) is 4.36 Å². The molecular weight excluding hydrogens is 500 g/mol. The second kappa shape index (κ2) is 9.93. The van der Waals surface area contributed by atoms with Crippen molar-refractivity contribution >= 4 is 60.0 Å². The Morgan fingerprint density at radius 1 is 1.13 bits per heavy atom. The Morgan fingerprint density at radius 2 is 1.77 bits per heavy atom. The molecule has 0 aliphatic carbocycles. The van der Waals surface area contributed by atoms with Gasteiger partial charge in [0.2, 0.25) is 0 Å². The van der Waals surface area contributed by atoms with Gasteiger partial charge in [-0.15, -0.1) is 11.8 Å². The molecule has 9 heteroatoms. The molecule has 0 N–H and O–H groups in total. The van der Waals surface area contributed by atoms with Gasteiger partial charge in [-0.25, -0.2) is 8.57 Å². The van der Waals surface area contributed by atoms with Gasteiger partial charge < -0.3 is 9.47 Å². The zero-order chi connectivity index (χ0) is 22.6. The van der Waals surface area contributed by atoms with Crippen LogP contribution >= 0.6 is 27.7 Å². The van der Waals surface area contributed by atoms with Crippen molar-refractivity contribution in [1.82, 2.24) is 0 Å². The number of nitrogens with zero attached hydrogens (tertiary/aromatic N) is 2. The lowest BCUT2D eigenvalue weighted by atomic mass is 10.1. The van der Waals surface area contributed by atoms with Gasteiger partial charge in [0, 0.05) is 29.3 Å². The summed E-state index contributed by atoms with van der Waals surface area (Å²) in [4.78, 5) is 13.1. The Balaban J connectivity index is 2.21. The number of anilines is 1. The normalized spacial score (nSPS) is 12.8. The summed E-state index contributed by atoms with van der Waals surface area (Å²) < 4.78 is 31.4. The average molecular weight is 523 g/mol. The molecule has 0 aliphatic rings. The Hall–Kier alpha value is -2.23.